The van der Waals surface area contributed by atoms with Gasteiger partial charge in [0.2, 0.25) is 0 Å². The first-order chi connectivity index (χ1) is 10.5. The molecule has 1 heterocycles. The average Bonchev–Trinajstić information content (AvgIpc) is 2.55. The summed E-state index contributed by atoms with van der Waals surface area (Å²) in [5.41, 5.74) is 2.68. The molecule has 0 bridgehead atoms. The summed E-state index contributed by atoms with van der Waals surface area (Å²) in [6, 6.07) is 3.98. The van der Waals surface area contributed by atoms with Gasteiger partial charge in [0.05, 0.1) is 28.9 Å². The average molecular weight is 318 g/mol. The summed E-state index contributed by atoms with van der Waals surface area (Å²) in [5.74, 6) is 0.732. The molecule has 0 radical (unpaired) electrons. The molecule has 2 rings (SSSR count). The van der Waals surface area contributed by atoms with Crippen LogP contribution in [-0.4, -0.2) is 41.8 Å². The zero-order chi connectivity index (χ0) is 16.1. The molecule has 0 aliphatic carbocycles. The molecule has 0 aliphatic rings. The Morgan fingerprint density at radius 1 is 1.27 bits per heavy atom. The van der Waals surface area contributed by atoms with Crippen LogP contribution in [0.2, 0.25) is 5.02 Å². The van der Waals surface area contributed by atoms with Crippen LogP contribution in [0.1, 0.15) is 12.5 Å². The van der Waals surface area contributed by atoms with Gasteiger partial charge in [-0.2, -0.15) is 0 Å². The van der Waals surface area contributed by atoms with Crippen LogP contribution in [0.4, 0.5) is 17.2 Å². The van der Waals surface area contributed by atoms with Crippen molar-refractivity contribution >= 4 is 35.1 Å². The Morgan fingerprint density at radius 3 is 2.68 bits per heavy atom. The van der Waals surface area contributed by atoms with Crippen molar-refractivity contribution < 1.29 is 0 Å². The lowest BCUT2D eigenvalue weighted by molar-refractivity contribution is 0.552. The lowest BCUT2D eigenvalue weighted by Crippen LogP contribution is -2.14. The third-order valence-corrected chi connectivity index (χ3v) is 3.71. The second-order valence-electron chi connectivity index (χ2n) is 5.06. The number of hydrogen-bond donors (Lipinski definition) is 0. The molecule has 0 N–H and O–H groups in total. The van der Waals surface area contributed by atoms with Gasteiger partial charge >= 0.3 is 0 Å². The van der Waals surface area contributed by atoms with Gasteiger partial charge in [-0.3, -0.25) is 4.98 Å². The highest BCUT2D eigenvalue weighted by atomic mass is 35.5. The first kappa shape index (κ1) is 16.2. The van der Waals surface area contributed by atoms with E-state index in [9.17, 15) is 0 Å². The Hall–Kier alpha value is -2.14. The molecule has 0 unspecified atom stereocenters. The van der Waals surface area contributed by atoms with Crippen LogP contribution in [0.3, 0.4) is 0 Å². The molecule has 1 aromatic heterocycles. The highest BCUT2D eigenvalue weighted by molar-refractivity contribution is 6.36. The summed E-state index contributed by atoms with van der Waals surface area (Å²) >= 11 is 6.53. The molecular weight excluding hydrogens is 298 g/mol. The molecule has 1 aromatic carbocycles. The van der Waals surface area contributed by atoms with Gasteiger partial charge < -0.3 is 9.80 Å². The summed E-state index contributed by atoms with van der Waals surface area (Å²) in [6.07, 6.45) is 6.79. The van der Waals surface area contributed by atoms with Crippen LogP contribution >= 0.6 is 11.6 Å². The number of anilines is 2. The van der Waals surface area contributed by atoms with Crippen LogP contribution in [0.15, 0.2) is 35.7 Å². The minimum absolute atomic E-state index is 0.597. The number of hydrogen-bond acceptors (Lipinski definition) is 4. The van der Waals surface area contributed by atoms with Gasteiger partial charge in [0.15, 0.2) is 5.82 Å². The molecule has 0 aliphatic heterocycles. The molecule has 0 spiro atoms. The zero-order valence-corrected chi connectivity index (χ0v) is 14.0. The molecule has 0 saturated heterocycles. The third kappa shape index (κ3) is 3.74. The minimum atomic E-state index is 0.597. The summed E-state index contributed by atoms with van der Waals surface area (Å²) in [7, 11) is 3.89. The molecule has 0 amide bonds. The number of aryl methyl sites for hydroxylation is 1. The maximum atomic E-state index is 6.53. The van der Waals surface area contributed by atoms with Crippen molar-refractivity contribution in [2.45, 2.75) is 13.8 Å². The minimum Gasteiger partial charge on any atom is -0.366 e. The van der Waals surface area contributed by atoms with Crippen molar-refractivity contribution in [3.8, 4) is 0 Å². The van der Waals surface area contributed by atoms with E-state index in [1.807, 2.05) is 43.0 Å². The fourth-order valence-corrected chi connectivity index (χ4v) is 2.18. The van der Waals surface area contributed by atoms with Gasteiger partial charge in [-0.1, -0.05) is 11.6 Å². The molecule has 0 saturated carbocycles. The lowest BCUT2D eigenvalue weighted by Gasteiger charge is -2.20. The van der Waals surface area contributed by atoms with E-state index in [-0.39, 0.29) is 0 Å². The van der Waals surface area contributed by atoms with Crippen LogP contribution in [0.5, 0.6) is 0 Å². The predicted molar refractivity (Wildman–Crippen MR) is 92.7 cm³/mol. The molecule has 6 heteroatoms. The van der Waals surface area contributed by atoms with E-state index in [1.165, 1.54) is 0 Å². The highest BCUT2D eigenvalue weighted by Gasteiger charge is 2.13. The molecule has 5 nitrogen and oxygen atoms in total. The highest BCUT2D eigenvalue weighted by Crippen LogP contribution is 2.37. The first-order valence-corrected chi connectivity index (χ1v) is 7.45. The Kier molecular flexibility index (Phi) is 5.33. The molecule has 0 atom stereocenters. The van der Waals surface area contributed by atoms with Crippen molar-refractivity contribution in [3.63, 3.8) is 0 Å². The fourth-order valence-electron chi connectivity index (χ4n) is 1.90. The summed E-state index contributed by atoms with van der Waals surface area (Å²) in [4.78, 5) is 16.8. The standard InChI is InChI=1S/C16H20ClN5/c1-5-21(3)11-20-13-8-12(2)9-14(16(13)17)22(4)15-10-18-6-7-19-15/h6-11H,5H2,1-4H3/b20-11-. The van der Waals surface area contributed by atoms with E-state index >= 15 is 0 Å². The van der Waals surface area contributed by atoms with Gasteiger partial charge in [-0.25, -0.2) is 9.98 Å². The Bertz CT molecular complexity index is 657. The van der Waals surface area contributed by atoms with E-state index in [0.29, 0.717) is 5.02 Å². The quantitative estimate of drug-likeness (QED) is 0.621. The third-order valence-electron chi connectivity index (χ3n) is 3.33. The van der Waals surface area contributed by atoms with Crippen molar-refractivity contribution in [3.05, 3.63) is 41.3 Å². The smallest absolute Gasteiger partial charge is 0.151 e. The van der Waals surface area contributed by atoms with Crippen molar-refractivity contribution in [2.24, 2.45) is 4.99 Å². The van der Waals surface area contributed by atoms with E-state index < -0.39 is 0 Å². The Labute approximate surface area is 136 Å². The van der Waals surface area contributed by atoms with Crippen LogP contribution in [-0.2, 0) is 0 Å². The maximum Gasteiger partial charge on any atom is 0.151 e. The van der Waals surface area contributed by atoms with Gasteiger partial charge in [-0.05, 0) is 31.5 Å². The second kappa shape index (κ2) is 7.22. The monoisotopic (exact) mass is 317 g/mol. The summed E-state index contributed by atoms with van der Waals surface area (Å²) in [5, 5.41) is 0.597. The van der Waals surface area contributed by atoms with Crippen LogP contribution < -0.4 is 4.90 Å². The van der Waals surface area contributed by atoms with E-state index in [1.54, 1.807) is 24.9 Å². The number of nitrogens with zero attached hydrogens (tertiary/aromatic N) is 5. The van der Waals surface area contributed by atoms with Crippen molar-refractivity contribution in [2.75, 3.05) is 25.5 Å². The predicted octanol–water partition coefficient (Wildman–Crippen LogP) is 3.82. The number of halogens is 1. The topological polar surface area (TPSA) is 44.6 Å². The van der Waals surface area contributed by atoms with Crippen molar-refractivity contribution in [1.82, 2.24) is 14.9 Å². The first-order valence-electron chi connectivity index (χ1n) is 7.07. The number of benzene rings is 1. The largest absolute Gasteiger partial charge is 0.366 e. The van der Waals surface area contributed by atoms with Crippen LogP contribution in [0, 0.1) is 6.92 Å². The molecule has 22 heavy (non-hydrogen) atoms. The fraction of sp³-hybridized carbons (Fsp3) is 0.312. The Balaban J connectivity index is 2.40. The van der Waals surface area contributed by atoms with E-state index in [0.717, 1.165) is 29.3 Å². The Morgan fingerprint density at radius 2 is 2.05 bits per heavy atom. The van der Waals surface area contributed by atoms with E-state index in [2.05, 4.69) is 21.9 Å². The second-order valence-corrected chi connectivity index (χ2v) is 5.44. The van der Waals surface area contributed by atoms with Gasteiger partial charge in [0.1, 0.15) is 0 Å². The number of rotatable bonds is 5. The summed E-state index contributed by atoms with van der Waals surface area (Å²) in [6.45, 7) is 4.98. The van der Waals surface area contributed by atoms with Gasteiger partial charge in [0.25, 0.3) is 0 Å². The zero-order valence-electron chi connectivity index (χ0n) is 13.3. The molecule has 2 aromatic rings. The van der Waals surface area contributed by atoms with Gasteiger partial charge in [0, 0.05) is 33.0 Å². The SMILES string of the molecule is CCN(C)/C=N\c1cc(C)cc(N(C)c2cnccn2)c1Cl. The molecule has 0 fully saturated rings. The number of aromatic nitrogens is 2. The number of aliphatic imine (C=N–C) groups is 1. The molecular formula is C16H20ClN5. The van der Waals surface area contributed by atoms with Gasteiger partial charge in [-0.15, -0.1) is 0 Å². The van der Waals surface area contributed by atoms with Crippen molar-refractivity contribution in [1.29, 1.82) is 0 Å². The van der Waals surface area contributed by atoms with Crippen LogP contribution in [0.25, 0.3) is 0 Å². The van der Waals surface area contributed by atoms with E-state index in [4.69, 9.17) is 11.6 Å². The lowest BCUT2D eigenvalue weighted by atomic mass is 10.2. The molecule has 116 valence electrons. The normalized spacial score (nSPS) is 11.0. The summed E-state index contributed by atoms with van der Waals surface area (Å²) < 4.78 is 0. The maximum absolute atomic E-state index is 6.53.